The summed E-state index contributed by atoms with van der Waals surface area (Å²) in [5.41, 5.74) is 2.64. The molecule has 2 aromatic carbocycles. The van der Waals surface area contributed by atoms with Crippen molar-refractivity contribution in [3.05, 3.63) is 83.6 Å². The molecule has 0 aliphatic carbocycles. The van der Waals surface area contributed by atoms with Crippen LogP contribution in [0.15, 0.2) is 66.7 Å². The second kappa shape index (κ2) is 8.62. The Kier molecular flexibility index (Phi) is 6.00. The molecule has 1 aromatic heterocycles. The zero-order valence-corrected chi connectivity index (χ0v) is 16.1. The lowest BCUT2D eigenvalue weighted by Gasteiger charge is -2.07. The average molecular weight is 396 g/mol. The second-order valence-electron chi connectivity index (χ2n) is 6.36. The van der Waals surface area contributed by atoms with Gasteiger partial charge in [-0.1, -0.05) is 42.5 Å². The van der Waals surface area contributed by atoms with Crippen LogP contribution in [0, 0.1) is 0 Å². The quantitative estimate of drug-likeness (QED) is 0.637. The number of nitrogens with zero attached hydrogens (tertiary/aromatic N) is 2. The Bertz CT molecular complexity index is 1040. The fourth-order valence-corrected chi connectivity index (χ4v) is 3.31. The highest BCUT2D eigenvalue weighted by Gasteiger charge is 2.09. The maximum absolute atomic E-state index is 12.2. The van der Waals surface area contributed by atoms with Gasteiger partial charge in [-0.15, -0.1) is 10.2 Å². The Morgan fingerprint density at radius 1 is 0.893 bits per heavy atom. The van der Waals surface area contributed by atoms with Crippen LogP contribution < -0.4 is 10.6 Å². The number of benzene rings is 2. The van der Waals surface area contributed by atoms with Gasteiger partial charge in [0.25, 0.3) is 5.91 Å². The van der Waals surface area contributed by atoms with Crippen molar-refractivity contribution in [2.24, 2.45) is 0 Å². The second-order valence-corrected chi connectivity index (χ2v) is 8.50. The third-order valence-electron chi connectivity index (χ3n) is 3.85. The minimum Gasteiger partial charge on any atom is -0.365 e. The summed E-state index contributed by atoms with van der Waals surface area (Å²) in [6, 6.07) is 19.7. The summed E-state index contributed by atoms with van der Waals surface area (Å²) in [6.45, 7) is 0.503. The van der Waals surface area contributed by atoms with Gasteiger partial charge in [0.15, 0.2) is 15.5 Å². The highest BCUT2D eigenvalue weighted by Crippen LogP contribution is 2.11. The van der Waals surface area contributed by atoms with E-state index in [1.54, 1.807) is 36.4 Å². The smallest absolute Gasteiger partial charge is 0.276 e. The van der Waals surface area contributed by atoms with E-state index in [1.165, 1.54) is 6.26 Å². The number of anilines is 2. The molecule has 0 fully saturated rings. The molecule has 3 aromatic rings. The number of carbonyl (C=O) groups is 1. The number of nitrogens with one attached hydrogen (secondary N) is 2. The molecule has 0 aliphatic rings. The van der Waals surface area contributed by atoms with E-state index >= 15 is 0 Å². The SMILES string of the molecule is CS(=O)(=O)Cc1ccc(CNc2ccc(C(=O)Nc3ccccc3)nn2)cc1. The lowest BCUT2D eigenvalue weighted by molar-refractivity contribution is 0.102. The van der Waals surface area contributed by atoms with Crippen LogP contribution in [0.1, 0.15) is 21.6 Å². The third-order valence-corrected chi connectivity index (χ3v) is 4.71. The van der Waals surface area contributed by atoms with E-state index in [9.17, 15) is 13.2 Å². The van der Waals surface area contributed by atoms with Crippen LogP contribution in [0.3, 0.4) is 0 Å². The summed E-state index contributed by atoms with van der Waals surface area (Å²) in [5, 5.41) is 13.8. The van der Waals surface area contributed by atoms with E-state index in [4.69, 9.17) is 0 Å². The molecule has 144 valence electrons. The number of carbonyl (C=O) groups excluding carboxylic acids is 1. The van der Waals surface area contributed by atoms with Gasteiger partial charge in [0, 0.05) is 18.5 Å². The van der Waals surface area contributed by atoms with Gasteiger partial charge >= 0.3 is 0 Å². The minimum absolute atomic E-state index is 0.0265. The van der Waals surface area contributed by atoms with Crippen molar-refractivity contribution in [1.82, 2.24) is 10.2 Å². The van der Waals surface area contributed by atoms with E-state index < -0.39 is 9.84 Å². The van der Waals surface area contributed by atoms with Crippen molar-refractivity contribution < 1.29 is 13.2 Å². The van der Waals surface area contributed by atoms with Crippen LogP contribution >= 0.6 is 0 Å². The van der Waals surface area contributed by atoms with Gasteiger partial charge in [0.2, 0.25) is 0 Å². The molecule has 7 nitrogen and oxygen atoms in total. The van der Waals surface area contributed by atoms with Gasteiger partial charge in [-0.3, -0.25) is 4.79 Å². The zero-order valence-electron chi connectivity index (χ0n) is 15.3. The van der Waals surface area contributed by atoms with Crippen molar-refractivity contribution >= 4 is 27.2 Å². The molecule has 0 saturated heterocycles. The molecule has 28 heavy (non-hydrogen) atoms. The van der Waals surface area contributed by atoms with Crippen LogP contribution in [0.4, 0.5) is 11.5 Å². The van der Waals surface area contributed by atoms with Crippen LogP contribution in [0.2, 0.25) is 0 Å². The van der Waals surface area contributed by atoms with Crippen LogP contribution in [0.25, 0.3) is 0 Å². The summed E-state index contributed by atoms with van der Waals surface area (Å²) >= 11 is 0. The number of aromatic nitrogens is 2. The third kappa shape index (κ3) is 5.88. The van der Waals surface area contributed by atoms with E-state index in [0.717, 1.165) is 11.1 Å². The first kappa shape index (κ1) is 19.5. The molecule has 1 heterocycles. The molecular formula is C20H20N4O3S. The highest BCUT2D eigenvalue weighted by molar-refractivity contribution is 7.89. The molecule has 2 N–H and O–H groups in total. The predicted molar refractivity (Wildman–Crippen MR) is 109 cm³/mol. The molecule has 1 amide bonds. The van der Waals surface area contributed by atoms with Crippen molar-refractivity contribution in [2.75, 3.05) is 16.9 Å². The molecule has 3 rings (SSSR count). The Hall–Kier alpha value is -3.26. The Morgan fingerprint density at radius 3 is 2.18 bits per heavy atom. The zero-order chi connectivity index (χ0) is 20.0. The molecule has 0 unspecified atom stereocenters. The summed E-state index contributed by atoms with van der Waals surface area (Å²) in [4.78, 5) is 12.2. The first-order chi connectivity index (χ1) is 13.4. The van der Waals surface area contributed by atoms with Crippen molar-refractivity contribution in [3.63, 3.8) is 0 Å². The molecule has 0 radical (unpaired) electrons. The van der Waals surface area contributed by atoms with Crippen molar-refractivity contribution in [1.29, 1.82) is 0 Å². The lowest BCUT2D eigenvalue weighted by atomic mass is 10.1. The number of hydrogen-bond donors (Lipinski definition) is 2. The monoisotopic (exact) mass is 396 g/mol. The van der Waals surface area contributed by atoms with Gasteiger partial charge in [0.1, 0.15) is 5.82 Å². The molecular weight excluding hydrogens is 376 g/mol. The molecule has 0 aliphatic heterocycles. The minimum atomic E-state index is -3.04. The predicted octanol–water partition coefficient (Wildman–Crippen LogP) is 2.89. The first-order valence-corrected chi connectivity index (χ1v) is 10.6. The van der Waals surface area contributed by atoms with E-state index in [-0.39, 0.29) is 17.4 Å². The Morgan fingerprint density at radius 2 is 1.57 bits per heavy atom. The Balaban J connectivity index is 1.55. The number of amides is 1. The first-order valence-electron chi connectivity index (χ1n) is 8.58. The van der Waals surface area contributed by atoms with Crippen LogP contribution in [-0.2, 0) is 22.1 Å². The molecule has 0 bridgehead atoms. The van der Waals surface area contributed by atoms with Gasteiger partial charge in [0.05, 0.1) is 5.75 Å². The van der Waals surface area contributed by atoms with Crippen LogP contribution in [-0.4, -0.2) is 30.8 Å². The number of para-hydroxylation sites is 1. The summed E-state index contributed by atoms with van der Waals surface area (Å²) in [6.07, 6.45) is 1.21. The summed E-state index contributed by atoms with van der Waals surface area (Å²) in [7, 11) is -3.04. The standard InChI is InChI=1S/C20H20N4O3S/c1-28(26,27)14-16-9-7-15(8-10-16)13-21-19-12-11-18(23-24-19)20(25)22-17-5-3-2-4-6-17/h2-12H,13-14H2,1H3,(H,21,24)(H,22,25). The number of sulfone groups is 1. The van der Waals surface area contributed by atoms with Gasteiger partial charge < -0.3 is 10.6 Å². The van der Waals surface area contributed by atoms with Crippen molar-refractivity contribution in [3.8, 4) is 0 Å². The van der Waals surface area contributed by atoms with Gasteiger partial charge in [-0.25, -0.2) is 8.42 Å². The molecule has 8 heteroatoms. The molecule has 0 atom stereocenters. The topological polar surface area (TPSA) is 101 Å². The normalized spacial score (nSPS) is 11.0. The van der Waals surface area contributed by atoms with E-state index in [2.05, 4.69) is 20.8 Å². The lowest BCUT2D eigenvalue weighted by Crippen LogP contribution is -2.14. The summed E-state index contributed by atoms with van der Waals surface area (Å²) < 4.78 is 22.6. The van der Waals surface area contributed by atoms with Gasteiger partial charge in [-0.05, 0) is 35.4 Å². The highest BCUT2D eigenvalue weighted by atomic mass is 32.2. The van der Waals surface area contributed by atoms with E-state index in [0.29, 0.717) is 18.1 Å². The van der Waals surface area contributed by atoms with Crippen LogP contribution in [0.5, 0.6) is 0 Å². The van der Waals surface area contributed by atoms with Crippen molar-refractivity contribution in [2.45, 2.75) is 12.3 Å². The number of hydrogen-bond acceptors (Lipinski definition) is 6. The molecule has 0 saturated carbocycles. The molecule has 0 spiro atoms. The number of rotatable bonds is 7. The Labute approximate surface area is 163 Å². The van der Waals surface area contributed by atoms with E-state index in [1.807, 2.05) is 30.3 Å². The largest absolute Gasteiger partial charge is 0.365 e. The summed E-state index contributed by atoms with van der Waals surface area (Å²) in [5.74, 6) is 0.238. The maximum Gasteiger partial charge on any atom is 0.276 e. The fraction of sp³-hybridized carbons (Fsp3) is 0.150. The van der Waals surface area contributed by atoms with Gasteiger partial charge in [-0.2, -0.15) is 0 Å². The fourth-order valence-electron chi connectivity index (χ4n) is 2.51. The maximum atomic E-state index is 12.2. The average Bonchev–Trinajstić information content (AvgIpc) is 2.67.